The molecule has 3 N–H and O–H groups in total. The summed E-state index contributed by atoms with van der Waals surface area (Å²) in [5.41, 5.74) is -10.6. The maximum atomic E-state index is 14.6. The number of pyridine rings is 1. The third kappa shape index (κ3) is 7.30. The van der Waals surface area contributed by atoms with Gasteiger partial charge in [0.1, 0.15) is 11.4 Å². The number of benzene rings is 1. The first kappa shape index (κ1) is 33.5. The van der Waals surface area contributed by atoms with Crippen molar-refractivity contribution in [2.24, 2.45) is 0 Å². The smallest absolute Gasteiger partial charge is 0.430 e. The number of aliphatic hydroxyl groups excluding tert-OH is 1. The van der Waals surface area contributed by atoms with Crippen LogP contribution in [0.2, 0.25) is 0 Å². The molecule has 0 radical (unpaired) electrons. The first-order chi connectivity index (χ1) is 19.7. The Hall–Kier alpha value is -4.05. The van der Waals surface area contributed by atoms with Crippen molar-refractivity contribution in [3.8, 4) is 11.6 Å². The summed E-state index contributed by atoms with van der Waals surface area (Å²) in [6.45, 7) is 9.13. The Morgan fingerprint density at radius 1 is 1.12 bits per heavy atom. The van der Waals surface area contributed by atoms with Gasteiger partial charge in [-0.1, -0.05) is 17.7 Å². The number of nitrogens with zero attached hydrogens (tertiary/aromatic N) is 3. The highest BCUT2D eigenvalue weighted by atomic mass is 19.4. The van der Waals surface area contributed by atoms with Crippen LogP contribution in [-0.2, 0) is 16.5 Å². The fourth-order valence-electron chi connectivity index (χ4n) is 3.86. The molecule has 2 heterocycles. The molecule has 0 aliphatic rings. The number of carbonyl (C=O) groups excluding carboxylic acids is 1. The summed E-state index contributed by atoms with van der Waals surface area (Å²) in [7, 11) is 0. The number of nitrogens with one attached hydrogen (secondary N) is 1. The third-order valence-corrected chi connectivity index (χ3v) is 5.81. The molecular weight excluding hydrogens is 593 g/mol. The topological polar surface area (TPSA) is 131 Å². The Balaban J connectivity index is 2.30. The molecule has 2 atom stereocenters. The molecule has 2 unspecified atom stereocenters. The third-order valence-electron chi connectivity index (χ3n) is 5.81. The first-order valence-corrected chi connectivity index (χ1v) is 12.5. The molecule has 9 nitrogen and oxygen atoms in total. The number of carbonyl (C=O) groups is 1. The standard InChI is InChI=1S/C27H27F7N4O5/c1-6-7-8-18(39)19-15(26(29,30)31)12-17(35-23(40)43-24(3,4)5)20(36-19)21-37-38-22(42-21)25(41,27(32,33)34)14-11-13(2)9-10-16(14)28/h6,9-12,18,39,41H,1,7-8H2,2-5H3,(H,35,40). The van der Waals surface area contributed by atoms with Gasteiger partial charge in [0, 0.05) is 5.56 Å². The van der Waals surface area contributed by atoms with Gasteiger partial charge in [0.25, 0.3) is 17.4 Å². The van der Waals surface area contributed by atoms with Gasteiger partial charge >= 0.3 is 18.4 Å². The van der Waals surface area contributed by atoms with Gasteiger partial charge in [0.05, 0.1) is 23.0 Å². The SMILES string of the molecule is C=CCCC(O)c1nc(-c2nnc(C(O)(c3cc(C)ccc3F)C(F)(F)F)o2)c(NC(=O)OC(C)(C)C)cc1C(F)(F)F. The lowest BCUT2D eigenvalue weighted by Crippen LogP contribution is -2.44. The monoisotopic (exact) mass is 620 g/mol. The second-order valence-electron chi connectivity index (χ2n) is 10.4. The zero-order chi connectivity index (χ0) is 32.5. The Morgan fingerprint density at radius 2 is 1.77 bits per heavy atom. The van der Waals surface area contributed by atoms with Crippen LogP contribution < -0.4 is 5.32 Å². The Kier molecular flexibility index (Phi) is 9.27. The number of allylic oxidation sites excluding steroid dienone is 1. The summed E-state index contributed by atoms with van der Waals surface area (Å²) in [6.07, 6.45) is -12.8. The summed E-state index contributed by atoms with van der Waals surface area (Å²) in [5.74, 6) is -4.08. The molecule has 0 saturated carbocycles. The molecule has 0 bridgehead atoms. The number of amides is 1. The lowest BCUT2D eigenvalue weighted by atomic mass is 9.91. The highest BCUT2D eigenvalue weighted by Gasteiger charge is 2.61. The van der Waals surface area contributed by atoms with Gasteiger partial charge in [-0.25, -0.2) is 14.2 Å². The molecule has 0 saturated heterocycles. The maximum absolute atomic E-state index is 14.6. The van der Waals surface area contributed by atoms with E-state index in [0.717, 1.165) is 6.07 Å². The maximum Gasteiger partial charge on any atom is 0.430 e. The summed E-state index contributed by atoms with van der Waals surface area (Å²) in [6, 6.07) is 2.88. The minimum atomic E-state index is -5.64. The van der Waals surface area contributed by atoms with E-state index in [2.05, 4.69) is 21.8 Å². The molecule has 3 rings (SSSR count). The van der Waals surface area contributed by atoms with Crippen LogP contribution in [0.5, 0.6) is 0 Å². The summed E-state index contributed by atoms with van der Waals surface area (Å²) >= 11 is 0. The van der Waals surface area contributed by atoms with E-state index in [9.17, 15) is 45.7 Å². The number of aliphatic hydroxyl groups is 2. The van der Waals surface area contributed by atoms with Crippen molar-refractivity contribution in [2.45, 2.75) is 70.2 Å². The van der Waals surface area contributed by atoms with Crippen LogP contribution in [0.15, 0.2) is 41.3 Å². The zero-order valence-corrected chi connectivity index (χ0v) is 23.2. The second kappa shape index (κ2) is 11.9. The van der Waals surface area contributed by atoms with Crippen LogP contribution in [0, 0.1) is 12.7 Å². The van der Waals surface area contributed by atoms with Crippen LogP contribution in [0.1, 0.15) is 68.0 Å². The molecule has 43 heavy (non-hydrogen) atoms. The van der Waals surface area contributed by atoms with Crippen molar-refractivity contribution in [2.75, 3.05) is 5.32 Å². The number of rotatable bonds is 8. The predicted molar refractivity (Wildman–Crippen MR) is 137 cm³/mol. The Morgan fingerprint density at radius 3 is 2.33 bits per heavy atom. The van der Waals surface area contributed by atoms with Gasteiger partial charge in [-0.2, -0.15) is 26.3 Å². The van der Waals surface area contributed by atoms with E-state index >= 15 is 0 Å². The van der Waals surface area contributed by atoms with Crippen LogP contribution in [0.25, 0.3) is 11.6 Å². The predicted octanol–water partition coefficient (Wildman–Crippen LogP) is 6.74. The van der Waals surface area contributed by atoms with Crippen molar-refractivity contribution in [3.05, 3.63) is 71.0 Å². The van der Waals surface area contributed by atoms with Gasteiger partial charge in [-0.05, 0) is 58.7 Å². The van der Waals surface area contributed by atoms with E-state index in [-0.39, 0.29) is 18.4 Å². The number of ether oxygens (including phenoxy) is 1. The van der Waals surface area contributed by atoms with Crippen molar-refractivity contribution in [1.82, 2.24) is 15.2 Å². The molecular formula is C27H27F7N4O5. The highest BCUT2D eigenvalue weighted by molar-refractivity contribution is 5.89. The number of aryl methyl sites for hydroxylation is 1. The number of hydrogen-bond donors (Lipinski definition) is 3. The van der Waals surface area contributed by atoms with Crippen LogP contribution >= 0.6 is 0 Å². The number of alkyl halides is 6. The average Bonchev–Trinajstić information content (AvgIpc) is 3.36. The second-order valence-corrected chi connectivity index (χ2v) is 10.4. The van der Waals surface area contributed by atoms with Crippen molar-refractivity contribution < 1.29 is 54.9 Å². The van der Waals surface area contributed by atoms with Gasteiger partial charge in [-0.15, -0.1) is 16.8 Å². The van der Waals surface area contributed by atoms with Gasteiger partial charge in [0.2, 0.25) is 0 Å². The number of anilines is 1. The largest absolute Gasteiger partial charge is 0.444 e. The molecule has 16 heteroatoms. The molecule has 3 aromatic rings. The van der Waals surface area contributed by atoms with Crippen LogP contribution in [0.3, 0.4) is 0 Å². The van der Waals surface area contributed by atoms with Crippen LogP contribution in [0.4, 0.5) is 41.2 Å². The highest BCUT2D eigenvalue weighted by Crippen LogP contribution is 2.46. The number of hydrogen-bond acceptors (Lipinski definition) is 8. The number of halogens is 7. The van der Waals surface area contributed by atoms with Crippen molar-refractivity contribution >= 4 is 11.8 Å². The van der Waals surface area contributed by atoms with Crippen molar-refractivity contribution in [3.63, 3.8) is 0 Å². The lowest BCUT2D eigenvalue weighted by Gasteiger charge is -2.28. The van der Waals surface area contributed by atoms with E-state index in [1.54, 1.807) is 0 Å². The van der Waals surface area contributed by atoms with Crippen LogP contribution in [-0.4, -0.2) is 43.3 Å². The minimum absolute atomic E-state index is 0.0543. The molecule has 0 aliphatic heterocycles. The Labute approximate surface area is 240 Å². The fourth-order valence-corrected chi connectivity index (χ4v) is 3.86. The molecule has 234 valence electrons. The van der Waals surface area contributed by atoms with Crippen molar-refractivity contribution in [1.29, 1.82) is 0 Å². The molecule has 1 amide bonds. The molecule has 0 spiro atoms. The molecule has 2 aromatic heterocycles. The van der Waals surface area contributed by atoms with E-state index in [0.29, 0.717) is 18.2 Å². The number of aromatic nitrogens is 3. The van der Waals surface area contributed by atoms with Gasteiger partial charge in [0.15, 0.2) is 5.69 Å². The quantitative estimate of drug-likeness (QED) is 0.186. The van der Waals surface area contributed by atoms with Gasteiger partial charge in [-0.3, -0.25) is 5.32 Å². The van der Waals surface area contributed by atoms with E-state index in [4.69, 9.17) is 9.15 Å². The molecule has 0 fully saturated rings. The normalized spacial score (nSPS) is 14.6. The van der Waals surface area contributed by atoms with E-state index in [1.165, 1.54) is 33.8 Å². The van der Waals surface area contributed by atoms with E-state index in [1.807, 2.05) is 5.32 Å². The first-order valence-electron chi connectivity index (χ1n) is 12.5. The van der Waals surface area contributed by atoms with Gasteiger partial charge < -0.3 is 19.4 Å². The van der Waals surface area contributed by atoms with E-state index < -0.39 is 81.6 Å². The average molecular weight is 621 g/mol. The molecule has 0 aliphatic carbocycles. The zero-order valence-electron chi connectivity index (χ0n) is 23.2. The summed E-state index contributed by atoms with van der Waals surface area (Å²) in [4.78, 5) is 16.2. The molecule has 1 aromatic carbocycles. The minimum Gasteiger partial charge on any atom is -0.444 e. The summed E-state index contributed by atoms with van der Waals surface area (Å²) < 4.78 is 110. The lowest BCUT2D eigenvalue weighted by molar-refractivity contribution is -0.256. The Bertz CT molecular complexity index is 1500. The fraction of sp³-hybridized carbons (Fsp3) is 0.407. The summed E-state index contributed by atoms with van der Waals surface area (Å²) in [5, 5.41) is 30.0.